The zero-order chi connectivity index (χ0) is 18.2. The van der Waals surface area contributed by atoms with Crippen LogP contribution in [0.25, 0.3) is 0 Å². The highest BCUT2D eigenvalue weighted by Crippen LogP contribution is 2.27. The molecule has 2 rings (SSSR count). The number of hydrogen-bond acceptors (Lipinski definition) is 5. The first-order valence-corrected chi connectivity index (χ1v) is 8.21. The van der Waals surface area contributed by atoms with Crippen LogP contribution in [-0.2, 0) is 20.9 Å². The molecule has 5 nitrogen and oxygen atoms in total. The molecule has 0 fully saturated rings. The lowest BCUT2D eigenvalue weighted by atomic mass is 9.99. The van der Waals surface area contributed by atoms with Gasteiger partial charge in [0.1, 0.15) is 18.5 Å². The smallest absolute Gasteiger partial charge is 0.338 e. The monoisotopic (exact) mass is 344 g/mol. The van der Waals surface area contributed by atoms with Gasteiger partial charge in [0.2, 0.25) is 0 Å². The molecular weight excluding hydrogens is 320 g/mol. The molecule has 0 saturated carbocycles. The largest absolute Gasteiger partial charge is 0.489 e. The van der Waals surface area contributed by atoms with E-state index in [1.165, 1.54) is 7.11 Å². The Bertz CT molecular complexity index is 684. The van der Waals surface area contributed by atoms with Crippen molar-refractivity contribution in [1.82, 2.24) is 0 Å². The molecule has 1 N–H and O–H groups in total. The maximum atomic E-state index is 11.8. The van der Waals surface area contributed by atoms with Crippen molar-refractivity contribution in [3.8, 4) is 5.75 Å². The zero-order valence-electron chi connectivity index (χ0n) is 14.8. The number of carbonyl (C=O) groups is 1. The molecule has 0 aromatic heterocycles. The Morgan fingerprint density at radius 1 is 1.16 bits per heavy atom. The van der Waals surface area contributed by atoms with E-state index < -0.39 is 18.2 Å². The molecule has 0 radical (unpaired) electrons. The van der Waals surface area contributed by atoms with Gasteiger partial charge in [-0.1, -0.05) is 36.4 Å². The summed E-state index contributed by atoms with van der Waals surface area (Å²) in [7, 11) is 1.27. The maximum absolute atomic E-state index is 11.8. The predicted molar refractivity (Wildman–Crippen MR) is 94.3 cm³/mol. The van der Waals surface area contributed by atoms with Crippen molar-refractivity contribution in [3.05, 3.63) is 65.2 Å². The topological polar surface area (TPSA) is 65.0 Å². The Labute approximate surface area is 148 Å². The maximum Gasteiger partial charge on any atom is 0.338 e. The van der Waals surface area contributed by atoms with Crippen LogP contribution in [0.15, 0.2) is 48.5 Å². The van der Waals surface area contributed by atoms with Crippen LogP contribution in [0.4, 0.5) is 0 Å². The Hall–Kier alpha value is -2.37. The number of carbonyl (C=O) groups excluding carboxylic acids is 1. The highest BCUT2D eigenvalue weighted by Gasteiger charge is 2.30. The number of benzene rings is 2. The first-order valence-electron chi connectivity index (χ1n) is 8.21. The molecule has 0 aliphatic heterocycles. The third kappa shape index (κ3) is 5.05. The van der Waals surface area contributed by atoms with Crippen molar-refractivity contribution in [2.75, 3.05) is 13.7 Å². The van der Waals surface area contributed by atoms with Crippen LogP contribution in [0.1, 0.15) is 29.7 Å². The number of hydrogen-bond donors (Lipinski definition) is 1. The molecular formula is C20H24O5. The molecule has 0 aliphatic carbocycles. The second-order valence-corrected chi connectivity index (χ2v) is 5.64. The Morgan fingerprint density at radius 3 is 2.48 bits per heavy atom. The van der Waals surface area contributed by atoms with E-state index in [0.29, 0.717) is 24.5 Å². The van der Waals surface area contributed by atoms with Crippen LogP contribution in [0.2, 0.25) is 0 Å². The average molecular weight is 344 g/mol. The molecule has 0 saturated heterocycles. The second kappa shape index (κ2) is 9.20. The lowest BCUT2D eigenvalue weighted by molar-refractivity contribution is -0.162. The number of aliphatic hydroxyl groups is 1. The summed E-state index contributed by atoms with van der Waals surface area (Å²) in [5.41, 5.74) is 2.49. The molecule has 2 atom stereocenters. The number of esters is 1. The highest BCUT2D eigenvalue weighted by molar-refractivity contribution is 5.75. The van der Waals surface area contributed by atoms with E-state index >= 15 is 0 Å². The van der Waals surface area contributed by atoms with Gasteiger partial charge in [-0.3, -0.25) is 0 Å². The van der Waals surface area contributed by atoms with E-state index in [1.54, 1.807) is 19.1 Å². The molecule has 0 spiro atoms. The molecule has 5 heteroatoms. The minimum Gasteiger partial charge on any atom is -0.489 e. The normalized spacial score (nSPS) is 13.1. The second-order valence-electron chi connectivity index (χ2n) is 5.64. The summed E-state index contributed by atoms with van der Waals surface area (Å²) < 4.78 is 15.8. The molecule has 2 aromatic rings. The standard InChI is InChI=1S/C20H24O5/c1-4-24-19(20(22)23-3)18(21)17-11-10-16(12-14(17)2)25-13-15-8-6-5-7-9-15/h5-12,18-19,21H,4,13H2,1-3H3/t18-,19-/m1/s1. The van der Waals surface area contributed by atoms with Crippen molar-refractivity contribution in [2.24, 2.45) is 0 Å². The van der Waals surface area contributed by atoms with Crippen LogP contribution in [-0.4, -0.2) is 30.9 Å². The summed E-state index contributed by atoms with van der Waals surface area (Å²) in [6, 6.07) is 15.2. The first kappa shape index (κ1) is 19.0. The lowest BCUT2D eigenvalue weighted by Crippen LogP contribution is -2.32. The predicted octanol–water partition coefficient (Wildman–Crippen LogP) is 3.19. The van der Waals surface area contributed by atoms with Gasteiger partial charge in [0.25, 0.3) is 0 Å². The van der Waals surface area contributed by atoms with E-state index in [2.05, 4.69) is 0 Å². The average Bonchev–Trinajstić information content (AvgIpc) is 2.64. The molecule has 0 unspecified atom stereocenters. The van der Waals surface area contributed by atoms with E-state index in [9.17, 15) is 9.90 Å². The molecule has 25 heavy (non-hydrogen) atoms. The van der Waals surface area contributed by atoms with Crippen molar-refractivity contribution in [2.45, 2.75) is 32.7 Å². The summed E-state index contributed by atoms with van der Waals surface area (Å²) in [5, 5.41) is 10.5. The van der Waals surface area contributed by atoms with Crippen LogP contribution in [0, 0.1) is 6.92 Å². The fourth-order valence-electron chi connectivity index (χ4n) is 2.56. The van der Waals surface area contributed by atoms with Gasteiger partial charge in [0.15, 0.2) is 6.10 Å². The van der Waals surface area contributed by atoms with E-state index in [-0.39, 0.29) is 0 Å². The number of ether oxygens (including phenoxy) is 3. The van der Waals surface area contributed by atoms with Gasteiger partial charge < -0.3 is 19.3 Å². The SMILES string of the molecule is CCO[C@@H](C(=O)OC)[C@H](O)c1ccc(OCc2ccccc2)cc1C. The van der Waals surface area contributed by atoms with Gasteiger partial charge in [-0.2, -0.15) is 0 Å². The number of methoxy groups -OCH3 is 1. The summed E-state index contributed by atoms with van der Waals surface area (Å²) in [6.07, 6.45) is -2.15. The van der Waals surface area contributed by atoms with Gasteiger partial charge in [-0.25, -0.2) is 4.79 Å². The Morgan fingerprint density at radius 2 is 1.88 bits per heavy atom. The van der Waals surface area contributed by atoms with Crippen LogP contribution < -0.4 is 4.74 Å². The van der Waals surface area contributed by atoms with Crippen LogP contribution >= 0.6 is 0 Å². The van der Waals surface area contributed by atoms with Crippen molar-refractivity contribution >= 4 is 5.97 Å². The molecule has 0 bridgehead atoms. The van der Waals surface area contributed by atoms with Crippen molar-refractivity contribution < 1.29 is 24.1 Å². The zero-order valence-corrected chi connectivity index (χ0v) is 14.8. The van der Waals surface area contributed by atoms with E-state index in [1.807, 2.05) is 43.3 Å². The third-order valence-corrected chi connectivity index (χ3v) is 3.87. The summed E-state index contributed by atoms with van der Waals surface area (Å²) in [5.74, 6) is 0.0986. The van der Waals surface area contributed by atoms with Crippen LogP contribution in [0.3, 0.4) is 0 Å². The fourth-order valence-corrected chi connectivity index (χ4v) is 2.56. The van der Waals surface area contributed by atoms with Gasteiger partial charge in [0, 0.05) is 6.61 Å². The summed E-state index contributed by atoms with van der Waals surface area (Å²) >= 11 is 0. The molecule has 2 aromatic carbocycles. The quantitative estimate of drug-likeness (QED) is 0.745. The minimum atomic E-state index is -1.10. The number of aryl methyl sites for hydroxylation is 1. The van der Waals surface area contributed by atoms with Crippen LogP contribution in [0.5, 0.6) is 5.75 Å². The summed E-state index contributed by atoms with van der Waals surface area (Å²) in [6.45, 7) is 4.38. The number of rotatable bonds is 8. The van der Waals surface area contributed by atoms with Gasteiger partial charge in [-0.05, 0) is 42.7 Å². The molecule has 134 valence electrons. The molecule has 0 heterocycles. The third-order valence-electron chi connectivity index (χ3n) is 3.87. The van der Waals surface area contributed by atoms with Gasteiger partial charge in [0.05, 0.1) is 7.11 Å². The minimum absolute atomic E-state index is 0.300. The van der Waals surface area contributed by atoms with E-state index in [0.717, 1.165) is 11.1 Å². The fraction of sp³-hybridized carbons (Fsp3) is 0.350. The van der Waals surface area contributed by atoms with Gasteiger partial charge >= 0.3 is 5.97 Å². The van der Waals surface area contributed by atoms with Crippen molar-refractivity contribution in [1.29, 1.82) is 0 Å². The lowest BCUT2D eigenvalue weighted by Gasteiger charge is -2.22. The van der Waals surface area contributed by atoms with Crippen molar-refractivity contribution in [3.63, 3.8) is 0 Å². The Kier molecular flexibility index (Phi) is 6.98. The van der Waals surface area contributed by atoms with E-state index in [4.69, 9.17) is 14.2 Å². The van der Waals surface area contributed by atoms with Gasteiger partial charge in [-0.15, -0.1) is 0 Å². The number of aliphatic hydroxyl groups excluding tert-OH is 1. The first-order chi connectivity index (χ1) is 12.1. The highest BCUT2D eigenvalue weighted by atomic mass is 16.6. The summed E-state index contributed by atoms with van der Waals surface area (Å²) in [4.78, 5) is 11.8. The molecule has 0 aliphatic rings. The molecule has 0 amide bonds. The Balaban J connectivity index is 2.10.